The Morgan fingerprint density at radius 3 is 2.72 bits per heavy atom. The van der Waals surface area contributed by atoms with Crippen molar-refractivity contribution in [2.75, 3.05) is 12.9 Å². The summed E-state index contributed by atoms with van der Waals surface area (Å²) in [6.45, 7) is 3.93. The number of nitrogens with one attached hydrogen (secondary N) is 1. The lowest BCUT2D eigenvalue weighted by molar-refractivity contribution is 0.0935. The van der Waals surface area contributed by atoms with Crippen LogP contribution in [0.15, 0.2) is 22.7 Å². The lowest BCUT2D eigenvalue weighted by atomic mass is 10.1. The van der Waals surface area contributed by atoms with Gasteiger partial charge < -0.3 is 10.4 Å². The smallest absolute Gasteiger partial charge is 0.252 e. The van der Waals surface area contributed by atoms with Gasteiger partial charge in [0.1, 0.15) is 0 Å². The Labute approximate surface area is 120 Å². The highest BCUT2D eigenvalue weighted by Crippen LogP contribution is 2.19. The monoisotopic (exact) mass is 331 g/mol. The number of amides is 1. The van der Waals surface area contributed by atoms with E-state index in [4.69, 9.17) is 0 Å². The molecule has 0 saturated heterocycles. The molecule has 0 heterocycles. The fraction of sp³-hybridized carbons (Fsp3) is 0.462. The summed E-state index contributed by atoms with van der Waals surface area (Å²) in [6.07, 6.45) is 1.92. The zero-order valence-corrected chi connectivity index (χ0v) is 13.1. The quantitative estimate of drug-likeness (QED) is 0.871. The first-order chi connectivity index (χ1) is 8.49. The molecule has 3 nitrogen and oxygen atoms in total. The molecule has 1 amide bonds. The molecule has 0 aliphatic rings. The topological polar surface area (TPSA) is 49.3 Å². The van der Waals surface area contributed by atoms with Crippen LogP contribution in [0.3, 0.4) is 0 Å². The Bertz CT molecular complexity index is 421. The lowest BCUT2D eigenvalue weighted by Crippen LogP contribution is -2.41. The van der Waals surface area contributed by atoms with Gasteiger partial charge in [0, 0.05) is 15.8 Å². The van der Waals surface area contributed by atoms with Gasteiger partial charge in [0.2, 0.25) is 0 Å². The second-order valence-electron chi connectivity index (χ2n) is 4.20. The number of hydrogen-bond acceptors (Lipinski definition) is 3. The summed E-state index contributed by atoms with van der Waals surface area (Å²) in [5, 5.41) is 12.1. The van der Waals surface area contributed by atoms with Crippen molar-refractivity contribution in [1.29, 1.82) is 0 Å². The number of halogens is 1. The molecule has 0 radical (unpaired) electrons. The fourth-order valence-corrected chi connectivity index (χ4v) is 2.92. The summed E-state index contributed by atoms with van der Waals surface area (Å²) in [5.74, 6) is -0.123. The van der Waals surface area contributed by atoms with Gasteiger partial charge in [-0.1, -0.05) is 6.07 Å². The summed E-state index contributed by atoms with van der Waals surface area (Å²) in [6, 6.07) is 5.54. The Balaban J connectivity index is 2.76. The highest BCUT2D eigenvalue weighted by molar-refractivity contribution is 9.10. The third-order valence-corrected chi connectivity index (χ3v) is 4.59. The maximum absolute atomic E-state index is 12.1. The molecular formula is C13H18BrNO2S. The van der Waals surface area contributed by atoms with Gasteiger partial charge in [0.05, 0.1) is 12.2 Å². The first-order valence-corrected chi connectivity index (χ1v) is 7.78. The predicted molar refractivity (Wildman–Crippen MR) is 80.2 cm³/mol. The molecular weight excluding hydrogens is 314 g/mol. The van der Waals surface area contributed by atoms with Crippen molar-refractivity contribution in [3.05, 3.63) is 33.8 Å². The molecule has 0 bridgehead atoms. The number of rotatable bonds is 5. The van der Waals surface area contributed by atoms with Crippen molar-refractivity contribution in [2.45, 2.75) is 25.1 Å². The molecule has 0 spiro atoms. The number of carbonyl (C=O) groups excluding carboxylic acids is 1. The second-order valence-corrected chi connectivity index (χ2v) is 6.13. The molecule has 1 aromatic rings. The fourth-order valence-electron chi connectivity index (χ4n) is 1.62. The maximum atomic E-state index is 12.1. The van der Waals surface area contributed by atoms with E-state index in [1.165, 1.54) is 0 Å². The van der Waals surface area contributed by atoms with Gasteiger partial charge in [-0.3, -0.25) is 4.79 Å². The minimum atomic E-state index is -0.123. The average molecular weight is 332 g/mol. The molecule has 1 rings (SSSR count). The van der Waals surface area contributed by atoms with Crippen LogP contribution in [0.2, 0.25) is 0 Å². The van der Waals surface area contributed by atoms with Crippen LogP contribution in [-0.4, -0.2) is 35.2 Å². The van der Waals surface area contributed by atoms with Gasteiger partial charge in [-0.05, 0) is 53.7 Å². The zero-order chi connectivity index (χ0) is 13.7. The van der Waals surface area contributed by atoms with Crippen LogP contribution in [0.5, 0.6) is 0 Å². The van der Waals surface area contributed by atoms with E-state index < -0.39 is 0 Å². The van der Waals surface area contributed by atoms with Gasteiger partial charge in [-0.15, -0.1) is 0 Å². The Kier molecular flexibility index (Phi) is 6.18. The van der Waals surface area contributed by atoms with Crippen LogP contribution in [0.1, 0.15) is 22.8 Å². The minimum absolute atomic E-state index is 0.0122. The van der Waals surface area contributed by atoms with Crippen LogP contribution in [0.25, 0.3) is 0 Å². The van der Waals surface area contributed by atoms with E-state index in [-0.39, 0.29) is 23.8 Å². The summed E-state index contributed by atoms with van der Waals surface area (Å²) < 4.78 is 0.789. The number of thioether (sulfide) groups is 1. The van der Waals surface area contributed by atoms with Crippen molar-refractivity contribution >= 4 is 33.6 Å². The third kappa shape index (κ3) is 4.00. The number of aryl methyl sites for hydroxylation is 1. The number of hydrogen-bond donors (Lipinski definition) is 2. The molecule has 5 heteroatoms. The number of benzene rings is 1. The van der Waals surface area contributed by atoms with E-state index in [1.807, 2.05) is 32.2 Å². The van der Waals surface area contributed by atoms with E-state index in [0.717, 1.165) is 10.0 Å². The molecule has 18 heavy (non-hydrogen) atoms. The third-order valence-electron chi connectivity index (χ3n) is 2.77. The van der Waals surface area contributed by atoms with E-state index >= 15 is 0 Å². The summed E-state index contributed by atoms with van der Waals surface area (Å²) in [7, 11) is 0. The van der Waals surface area contributed by atoms with Crippen LogP contribution in [-0.2, 0) is 0 Å². The van der Waals surface area contributed by atoms with Gasteiger partial charge in [-0.25, -0.2) is 0 Å². The van der Waals surface area contributed by atoms with E-state index in [2.05, 4.69) is 21.2 Å². The van der Waals surface area contributed by atoms with Crippen molar-refractivity contribution in [3.63, 3.8) is 0 Å². The molecule has 1 aromatic carbocycles. The number of aliphatic hydroxyl groups is 1. The summed E-state index contributed by atoms with van der Waals surface area (Å²) >= 11 is 4.94. The van der Waals surface area contributed by atoms with Crippen molar-refractivity contribution in [2.24, 2.45) is 0 Å². The van der Waals surface area contributed by atoms with Gasteiger partial charge in [0.15, 0.2) is 0 Å². The first kappa shape index (κ1) is 15.5. The lowest BCUT2D eigenvalue weighted by Gasteiger charge is -2.21. The molecule has 100 valence electrons. The summed E-state index contributed by atoms with van der Waals surface area (Å²) in [4.78, 5) is 12.1. The molecule has 0 aromatic heterocycles. The zero-order valence-electron chi connectivity index (χ0n) is 10.7. The van der Waals surface area contributed by atoms with E-state index in [1.54, 1.807) is 17.8 Å². The number of carbonyl (C=O) groups is 1. The molecule has 0 aliphatic heterocycles. The van der Waals surface area contributed by atoms with Gasteiger partial charge >= 0.3 is 0 Å². The van der Waals surface area contributed by atoms with E-state index in [0.29, 0.717) is 5.56 Å². The maximum Gasteiger partial charge on any atom is 0.252 e. The van der Waals surface area contributed by atoms with Crippen LogP contribution >= 0.6 is 27.7 Å². The second kappa shape index (κ2) is 7.16. The van der Waals surface area contributed by atoms with Crippen molar-refractivity contribution < 1.29 is 9.90 Å². The van der Waals surface area contributed by atoms with E-state index in [9.17, 15) is 9.90 Å². The Hall–Kier alpha value is -0.520. The predicted octanol–water partition coefficient (Wildman–Crippen LogP) is 2.60. The molecule has 2 unspecified atom stereocenters. The highest BCUT2D eigenvalue weighted by atomic mass is 79.9. The summed E-state index contributed by atoms with van der Waals surface area (Å²) in [5.41, 5.74) is 1.72. The largest absolute Gasteiger partial charge is 0.395 e. The Morgan fingerprint density at radius 1 is 1.56 bits per heavy atom. The normalized spacial score (nSPS) is 14.1. The van der Waals surface area contributed by atoms with Crippen molar-refractivity contribution in [3.8, 4) is 0 Å². The molecule has 0 saturated carbocycles. The molecule has 0 aliphatic carbocycles. The SMILES string of the molecule is CSC(CO)C(C)NC(=O)c1ccc(C)cc1Br. The van der Waals surface area contributed by atoms with Crippen LogP contribution < -0.4 is 5.32 Å². The van der Waals surface area contributed by atoms with Crippen molar-refractivity contribution in [1.82, 2.24) is 5.32 Å². The van der Waals surface area contributed by atoms with Gasteiger partial charge in [-0.2, -0.15) is 11.8 Å². The van der Waals surface area contributed by atoms with Crippen LogP contribution in [0, 0.1) is 6.92 Å². The molecule has 2 N–H and O–H groups in total. The average Bonchev–Trinajstić information content (AvgIpc) is 2.30. The first-order valence-electron chi connectivity index (χ1n) is 5.70. The standard InChI is InChI=1S/C13H18BrNO2S/c1-8-4-5-10(11(14)6-8)13(17)15-9(2)12(7-16)18-3/h4-6,9,12,16H,7H2,1-3H3,(H,15,17). The minimum Gasteiger partial charge on any atom is -0.395 e. The van der Waals surface area contributed by atoms with Crippen LogP contribution in [0.4, 0.5) is 0 Å². The molecule has 2 atom stereocenters. The Morgan fingerprint density at radius 2 is 2.22 bits per heavy atom. The molecule has 0 fully saturated rings. The van der Waals surface area contributed by atoms with Gasteiger partial charge in [0.25, 0.3) is 5.91 Å². The highest BCUT2D eigenvalue weighted by Gasteiger charge is 2.19. The number of aliphatic hydroxyl groups excluding tert-OH is 1.